The largest absolute Gasteiger partial charge is 0.495 e. The topological polar surface area (TPSA) is 77.1 Å². The molecular formula is C21H23ClN2O5. The van der Waals surface area contributed by atoms with Crippen LogP contribution >= 0.6 is 11.6 Å². The second-order valence-electron chi connectivity index (χ2n) is 6.76. The second kappa shape index (κ2) is 8.61. The van der Waals surface area contributed by atoms with Gasteiger partial charge in [-0.3, -0.25) is 9.59 Å². The van der Waals surface area contributed by atoms with Crippen LogP contribution in [-0.2, 0) is 9.59 Å². The van der Waals surface area contributed by atoms with E-state index in [1.54, 1.807) is 24.1 Å². The molecule has 1 atom stereocenters. The van der Waals surface area contributed by atoms with E-state index in [2.05, 4.69) is 5.32 Å². The molecule has 1 aliphatic rings. The van der Waals surface area contributed by atoms with Crippen molar-refractivity contribution in [1.82, 2.24) is 0 Å². The molecule has 1 saturated heterocycles. The molecule has 8 heteroatoms. The number of hydrogen-bond acceptors (Lipinski definition) is 5. The average Bonchev–Trinajstić information content (AvgIpc) is 3.10. The Kier molecular flexibility index (Phi) is 6.17. The molecule has 0 aliphatic carbocycles. The predicted octanol–water partition coefficient (Wildman–Crippen LogP) is 3.67. The van der Waals surface area contributed by atoms with E-state index in [-0.39, 0.29) is 24.8 Å². The van der Waals surface area contributed by atoms with E-state index in [1.807, 2.05) is 25.1 Å². The number of methoxy groups -OCH3 is 3. The van der Waals surface area contributed by atoms with E-state index >= 15 is 0 Å². The van der Waals surface area contributed by atoms with Gasteiger partial charge < -0.3 is 24.4 Å². The summed E-state index contributed by atoms with van der Waals surface area (Å²) < 4.78 is 15.9. The van der Waals surface area contributed by atoms with E-state index in [9.17, 15) is 9.59 Å². The molecule has 154 valence electrons. The molecule has 3 rings (SSSR count). The Morgan fingerprint density at radius 2 is 1.76 bits per heavy atom. The number of hydrogen-bond donors (Lipinski definition) is 1. The van der Waals surface area contributed by atoms with Crippen LogP contribution in [0.15, 0.2) is 30.3 Å². The summed E-state index contributed by atoms with van der Waals surface area (Å²) in [6.07, 6.45) is 0.107. The number of aryl methyl sites for hydroxylation is 1. The average molecular weight is 419 g/mol. The van der Waals surface area contributed by atoms with Crippen LogP contribution in [0.5, 0.6) is 17.2 Å². The number of carbonyl (C=O) groups excluding carboxylic acids is 2. The Balaban J connectivity index is 1.81. The maximum atomic E-state index is 12.9. The van der Waals surface area contributed by atoms with Gasteiger partial charge in [-0.1, -0.05) is 17.7 Å². The molecule has 2 amide bonds. The van der Waals surface area contributed by atoms with Crippen molar-refractivity contribution in [2.75, 3.05) is 38.1 Å². The van der Waals surface area contributed by atoms with Crippen molar-refractivity contribution in [1.29, 1.82) is 0 Å². The molecule has 2 aromatic rings. The zero-order chi connectivity index (χ0) is 21.1. The summed E-state index contributed by atoms with van der Waals surface area (Å²) in [5.74, 6) is 0.486. The fourth-order valence-corrected chi connectivity index (χ4v) is 3.55. The van der Waals surface area contributed by atoms with Crippen LogP contribution < -0.4 is 24.4 Å². The molecule has 1 N–H and O–H groups in total. The molecule has 0 aromatic heterocycles. The summed E-state index contributed by atoms with van der Waals surface area (Å²) in [6.45, 7) is 2.20. The number of amides is 2. The Morgan fingerprint density at radius 3 is 2.41 bits per heavy atom. The normalized spacial score (nSPS) is 16.0. The molecule has 0 radical (unpaired) electrons. The van der Waals surface area contributed by atoms with Crippen molar-refractivity contribution >= 4 is 34.8 Å². The number of anilines is 2. The summed E-state index contributed by atoms with van der Waals surface area (Å²) >= 11 is 6.11. The van der Waals surface area contributed by atoms with Gasteiger partial charge in [-0.2, -0.15) is 0 Å². The SMILES string of the molecule is COc1cc(NC(=O)C2CC(=O)N(c3cc(C)ccc3OC)C2)c(OC)cc1Cl. The highest BCUT2D eigenvalue weighted by atomic mass is 35.5. The molecule has 0 bridgehead atoms. The summed E-state index contributed by atoms with van der Waals surface area (Å²) in [4.78, 5) is 27.1. The van der Waals surface area contributed by atoms with Crippen LogP contribution in [0, 0.1) is 12.8 Å². The van der Waals surface area contributed by atoms with E-state index in [0.717, 1.165) is 5.56 Å². The summed E-state index contributed by atoms with van der Waals surface area (Å²) in [5, 5.41) is 3.20. The summed E-state index contributed by atoms with van der Waals surface area (Å²) in [5.41, 5.74) is 2.09. The van der Waals surface area contributed by atoms with Crippen molar-refractivity contribution in [3.63, 3.8) is 0 Å². The van der Waals surface area contributed by atoms with E-state index in [0.29, 0.717) is 33.6 Å². The number of ether oxygens (including phenoxy) is 3. The van der Waals surface area contributed by atoms with E-state index in [4.69, 9.17) is 25.8 Å². The minimum absolute atomic E-state index is 0.107. The lowest BCUT2D eigenvalue weighted by Crippen LogP contribution is -2.28. The molecular weight excluding hydrogens is 396 g/mol. The minimum atomic E-state index is -0.515. The van der Waals surface area contributed by atoms with Gasteiger partial charge in [-0.15, -0.1) is 0 Å². The standard InChI is InChI=1S/C21H23ClN2O5/c1-12-5-6-17(27-2)16(7-12)24-11-13(8-20(24)25)21(26)23-15-10-18(28-3)14(22)9-19(15)29-4/h5-7,9-10,13H,8,11H2,1-4H3,(H,23,26). The number of benzene rings is 2. The van der Waals surface area contributed by atoms with Gasteiger partial charge in [0.2, 0.25) is 11.8 Å². The maximum absolute atomic E-state index is 12.9. The Hall–Kier alpha value is -2.93. The quantitative estimate of drug-likeness (QED) is 0.774. The van der Waals surface area contributed by atoms with Gasteiger partial charge in [0.25, 0.3) is 0 Å². The molecule has 29 heavy (non-hydrogen) atoms. The molecule has 0 saturated carbocycles. The molecule has 1 heterocycles. The van der Waals surface area contributed by atoms with Gasteiger partial charge in [-0.25, -0.2) is 0 Å². The highest BCUT2D eigenvalue weighted by Gasteiger charge is 2.36. The highest BCUT2D eigenvalue weighted by molar-refractivity contribution is 6.32. The van der Waals surface area contributed by atoms with Gasteiger partial charge in [0.15, 0.2) is 0 Å². The molecule has 2 aromatic carbocycles. The predicted molar refractivity (Wildman–Crippen MR) is 111 cm³/mol. The minimum Gasteiger partial charge on any atom is -0.495 e. The molecule has 1 fully saturated rings. The van der Waals surface area contributed by atoms with Gasteiger partial charge >= 0.3 is 0 Å². The fourth-order valence-electron chi connectivity index (χ4n) is 3.32. The third kappa shape index (κ3) is 4.24. The number of halogens is 1. The molecule has 0 spiro atoms. The van der Waals surface area contributed by atoms with Crippen molar-refractivity contribution in [3.8, 4) is 17.2 Å². The first-order valence-corrected chi connectivity index (χ1v) is 9.43. The molecule has 1 aliphatic heterocycles. The lowest BCUT2D eigenvalue weighted by Gasteiger charge is -2.20. The van der Waals surface area contributed by atoms with E-state index < -0.39 is 5.92 Å². The van der Waals surface area contributed by atoms with Crippen LogP contribution in [0.4, 0.5) is 11.4 Å². The van der Waals surface area contributed by atoms with Crippen LogP contribution in [0.1, 0.15) is 12.0 Å². The lowest BCUT2D eigenvalue weighted by atomic mass is 10.1. The molecule has 7 nitrogen and oxygen atoms in total. The van der Waals surface area contributed by atoms with Gasteiger partial charge in [0.05, 0.1) is 43.6 Å². The third-order valence-corrected chi connectivity index (χ3v) is 5.15. The summed E-state index contributed by atoms with van der Waals surface area (Å²) in [7, 11) is 4.53. The number of rotatable bonds is 6. The monoisotopic (exact) mass is 418 g/mol. The van der Waals surface area contributed by atoms with Crippen molar-refractivity contribution in [2.24, 2.45) is 5.92 Å². The van der Waals surface area contributed by atoms with Crippen LogP contribution in [-0.4, -0.2) is 39.7 Å². The number of nitrogens with one attached hydrogen (secondary N) is 1. The Labute approximate surface area is 174 Å². The third-order valence-electron chi connectivity index (χ3n) is 4.85. The van der Waals surface area contributed by atoms with Crippen molar-refractivity contribution in [3.05, 3.63) is 40.9 Å². The van der Waals surface area contributed by atoms with Gasteiger partial charge in [-0.05, 0) is 24.6 Å². The lowest BCUT2D eigenvalue weighted by molar-refractivity contribution is -0.122. The first kappa shape index (κ1) is 20.8. The number of carbonyl (C=O) groups is 2. The van der Waals surface area contributed by atoms with Crippen LogP contribution in [0.2, 0.25) is 5.02 Å². The van der Waals surface area contributed by atoms with Gasteiger partial charge in [0.1, 0.15) is 17.2 Å². The highest BCUT2D eigenvalue weighted by Crippen LogP contribution is 2.37. The Bertz CT molecular complexity index is 947. The maximum Gasteiger partial charge on any atom is 0.229 e. The zero-order valence-electron chi connectivity index (χ0n) is 16.7. The smallest absolute Gasteiger partial charge is 0.229 e. The first-order chi connectivity index (χ1) is 13.9. The second-order valence-corrected chi connectivity index (χ2v) is 7.16. The first-order valence-electron chi connectivity index (χ1n) is 9.05. The van der Waals surface area contributed by atoms with Crippen molar-refractivity contribution < 1.29 is 23.8 Å². The summed E-state index contributed by atoms with van der Waals surface area (Å²) in [6, 6.07) is 8.77. The van der Waals surface area contributed by atoms with Crippen molar-refractivity contribution in [2.45, 2.75) is 13.3 Å². The Morgan fingerprint density at radius 1 is 1.07 bits per heavy atom. The van der Waals surface area contributed by atoms with Gasteiger partial charge in [0, 0.05) is 25.1 Å². The van der Waals surface area contributed by atoms with Crippen LogP contribution in [0.25, 0.3) is 0 Å². The number of nitrogens with zero attached hydrogens (tertiary/aromatic N) is 1. The van der Waals surface area contributed by atoms with Crippen LogP contribution in [0.3, 0.4) is 0 Å². The molecule has 1 unspecified atom stereocenters. The fraction of sp³-hybridized carbons (Fsp3) is 0.333. The van der Waals surface area contributed by atoms with E-state index in [1.165, 1.54) is 14.2 Å². The zero-order valence-corrected chi connectivity index (χ0v) is 17.5.